The van der Waals surface area contributed by atoms with Crippen LogP contribution in [-0.4, -0.2) is 61.5 Å². The van der Waals surface area contributed by atoms with Gasteiger partial charge in [0.25, 0.3) is 5.91 Å². The number of fused-ring (bicyclic) bond motifs is 1. The summed E-state index contributed by atoms with van der Waals surface area (Å²) < 4.78 is 11.2. The number of benzene rings is 1. The van der Waals surface area contributed by atoms with Gasteiger partial charge in [0.2, 0.25) is 5.91 Å². The molecule has 0 N–H and O–H groups in total. The highest BCUT2D eigenvalue weighted by atomic mass is 16.5. The molecule has 1 aliphatic heterocycles. The zero-order valence-electron chi connectivity index (χ0n) is 16.7. The lowest BCUT2D eigenvalue weighted by molar-refractivity contribution is -0.134. The molecule has 1 heterocycles. The zero-order chi connectivity index (χ0) is 19.6. The smallest absolute Gasteiger partial charge is 0.253 e. The summed E-state index contributed by atoms with van der Waals surface area (Å²) in [5, 5.41) is 0. The van der Waals surface area contributed by atoms with Crippen molar-refractivity contribution in [2.75, 3.05) is 33.9 Å². The molecule has 1 aromatic rings. The minimum Gasteiger partial charge on any atom is -0.490 e. The molecule has 2 aliphatic rings. The normalized spacial score (nSPS) is 24.5. The summed E-state index contributed by atoms with van der Waals surface area (Å²) in [6.45, 7) is 5.70. The van der Waals surface area contributed by atoms with Crippen molar-refractivity contribution in [2.24, 2.45) is 11.8 Å². The Bertz CT molecular complexity index is 705. The highest BCUT2D eigenvalue weighted by molar-refractivity contribution is 5.95. The number of hydrogen-bond acceptors (Lipinski definition) is 4. The lowest BCUT2D eigenvalue weighted by Gasteiger charge is -2.31. The molecule has 6 nitrogen and oxygen atoms in total. The maximum Gasteiger partial charge on any atom is 0.253 e. The number of nitrogens with zero attached hydrogens (tertiary/aromatic N) is 2. The standard InChI is InChI=1S/C21H30N2O4/c1-5-26-18-8-7-14(11-19(18)27-6-2)21(25)23(4)17-9-15-12-20(24)22(3)13-16(15)10-17/h7-8,11,15-17H,5-6,9-10,12-13H2,1-4H3/t15-,16+,17-/m1/s1. The van der Waals surface area contributed by atoms with E-state index < -0.39 is 0 Å². The minimum atomic E-state index is -0.0117. The van der Waals surface area contributed by atoms with Crippen LogP contribution in [0.15, 0.2) is 18.2 Å². The Balaban J connectivity index is 1.72. The Labute approximate surface area is 161 Å². The maximum absolute atomic E-state index is 13.0. The summed E-state index contributed by atoms with van der Waals surface area (Å²) in [7, 11) is 3.74. The maximum atomic E-state index is 13.0. The molecule has 2 fully saturated rings. The van der Waals surface area contributed by atoms with Gasteiger partial charge in [-0.05, 0) is 56.7 Å². The fourth-order valence-electron chi connectivity index (χ4n) is 4.36. The average molecular weight is 374 g/mol. The van der Waals surface area contributed by atoms with Crippen molar-refractivity contribution >= 4 is 11.8 Å². The first-order valence-corrected chi connectivity index (χ1v) is 9.85. The largest absolute Gasteiger partial charge is 0.490 e. The predicted molar refractivity (Wildman–Crippen MR) is 103 cm³/mol. The van der Waals surface area contributed by atoms with Crippen molar-refractivity contribution in [1.29, 1.82) is 0 Å². The number of carbonyl (C=O) groups is 2. The molecule has 3 rings (SSSR count). The molecule has 1 aromatic carbocycles. The second kappa shape index (κ2) is 8.19. The lowest BCUT2D eigenvalue weighted by atomic mass is 9.88. The highest BCUT2D eigenvalue weighted by Gasteiger charge is 2.42. The number of piperidine rings is 1. The molecule has 0 spiro atoms. The van der Waals surface area contributed by atoms with E-state index in [1.165, 1.54) is 0 Å². The van der Waals surface area contributed by atoms with Gasteiger partial charge < -0.3 is 19.3 Å². The number of ether oxygens (including phenoxy) is 2. The van der Waals surface area contributed by atoms with Crippen molar-refractivity contribution in [3.63, 3.8) is 0 Å². The first kappa shape index (κ1) is 19.5. The molecule has 3 atom stereocenters. The molecule has 148 valence electrons. The minimum absolute atomic E-state index is 0.0117. The van der Waals surface area contributed by atoms with Gasteiger partial charge in [-0.15, -0.1) is 0 Å². The molecule has 27 heavy (non-hydrogen) atoms. The van der Waals surface area contributed by atoms with Crippen LogP contribution in [0.1, 0.15) is 43.5 Å². The van der Waals surface area contributed by atoms with Crippen molar-refractivity contribution < 1.29 is 19.1 Å². The van der Waals surface area contributed by atoms with Crippen LogP contribution in [0.3, 0.4) is 0 Å². The average Bonchev–Trinajstić information content (AvgIpc) is 3.05. The third-order valence-electron chi connectivity index (χ3n) is 5.85. The first-order valence-electron chi connectivity index (χ1n) is 9.85. The predicted octanol–water partition coefficient (Wildman–Crippen LogP) is 2.81. The van der Waals surface area contributed by atoms with Crippen LogP contribution in [0.2, 0.25) is 0 Å². The fraction of sp³-hybridized carbons (Fsp3) is 0.619. The molecule has 0 radical (unpaired) electrons. The van der Waals surface area contributed by atoms with Gasteiger partial charge in [0.15, 0.2) is 11.5 Å². The highest BCUT2D eigenvalue weighted by Crippen LogP contribution is 2.40. The van der Waals surface area contributed by atoms with Gasteiger partial charge in [0.05, 0.1) is 13.2 Å². The van der Waals surface area contributed by atoms with Crippen LogP contribution in [0.5, 0.6) is 11.5 Å². The van der Waals surface area contributed by atoms with Gasteiger partial charge in [0.1, 0.15) is 0 Å². The van der Waals surface area contributed by atoms with E-state index in [0.717, 1.165) is 19.4 Å². The van der Waals surface area contributed by atoms with Crippen molar-refractivity contribution in [3.05, 3.63) is 23.8 Å². The Hall–Kier alpha value is -2.24. The summed E-state index contributed by atoms with van der Waals surface area (Å²) in [6, 6.07) is 5.55. The quantitative estimate of drug-likeness (QED) is 0.768. The van der Waals surface area contributed by atoms with Crippen molar-refractivity contribution in [3.8, 4) is 11.5 Å². The molecule has 0 aromatic heterocycles. The third kappa shape index (κ3) is 4.04. The topological polar surface area (TPSA) is 59.1 Å². The van der Waals surface area contributed by atoms with Gasteiger partial charge in [-0.1, -0.05) is 0 Å². The molecule has 0 bridgehead atoms. The van der Waals surface area contributed by atoms with E-state index in [4.69, 9.17) is 9.47 Å². The molecule has 0 unspecified atom stereocenters. The number of amides is 2. The zero-order valence-corrected chi connectivity index (χ0v) is 16.7. The van der Waals surface area contributed by atoms with Crippen LogP contribution in [0.25, 0.3) is 0 Å². The van der Waals surface area contributed by atoms with Crippen LogP contribution < -0.4 is 9.47 Å². The molecule has 2 amide bonds. The van der Waals surface area contributed by atoms with Crippen LogP contribution in [0, 0.1) is 11.8 Å². The summed E-state index contributed by atoms with van der Waals surface area (Å²) >= 11 is 0. The molecular weight excluding hydrogens is 344 g/mol. The lowest BCUT2D eigenvalue weighted by Crippen LogP contribution is -2.39. The van der Waals surface area contributed by atoms with Gasteiger partial charge in [-0.25, -0.2) is 0 Å². The molecule has 1 saturated heterocycles. The first-order chi connectivity index (χ1) is 12.9. The summed E-state index contributed by atoms with van der Waals surface area (Å²) in [5.74, 6) is 2.36. The molecule has 6 heteroatoms. The van der Waals surface area contributed by atoms with Gasteiger partial charge in [-0.3, -0.25) is 9.59 Å². The van der Waals surface area contributed by atoms with E-state index in [1.54, 1.807) is 18.2 Å². The van der Waals surface area contributed by atoms with Crippen molar-refractivity contribution in [1.82, 2.24) is 9.80 Å². The Kier molecular flexibility index (Phi) is 5.92. The second-order valence-electron chi connectivity index (χ2n) is 7.57. The molecular formula is C21H30N2O4. The SMILES string of the molecule is CCOc1ccc(C(=O)N(C)[C@@H]2C[C@@H]3CC(=O)N(C)C[C@@H]3C2)cc1OCC. The Morgan fingerprint density at radius 2 is 1.81 bits per heavy atom. The van der Waals surface area contributed by atoms with E-state index in [-0.39, 0.29) is 17.9 Å². The van der Waals surface area contributed by atoms with Gasteiger partial charge in [-0.2, -0.15) is 0 Å². The number of hydrogen-bond donors (Lipinski definition) is 0. The van der Waals surface area contributed by atoms with Gasteiger partial charge >= 0.3 is 0 Å². The fourth-order valence-corrected chi connectivity index (χ4v) is 4.36. The summed E-state index contributed by atoms with van der Waals surface area (Å²) in [4.78, 5) is 28.7. The van der Waals surface area contributed by atoms with Crippen LogP contribution in [-0.2, 0) is 4.79 Å². The number of rotatable bonds is 6. The van der Waals surface area contributed by atoms with E-state index in [2.05, 4.69) is 0 Å². The number of likely N-dealkylation sites (tertiary alicyclic amines) is 1. The number of carbonyl (C=O) groups excluding carboxylic acids is 2. The molecule has 1 saturated carbocycles. The third-order valence-corrected chi connectivity index (χ3v) is 5.85. The van der Waals surface area contributed by atoms with Crippen molar-refractivity contribution in [2.45, 2.75) is 39.2 Å². The second-order valence-corrected chi connectivity index (χ2v) is 7.57. The van der Waals surface area contributed by atoms with E-state index in [0.29, 0.717) is 48.5 Å². The van der Waals surface area contributed by atoms with Crippen LogP contribution in [0.4, 0.5) is 0 Å². The Morgan fingerprint density at radius 1 is 1.15 bits per heavy atom. The van der Waals surface area contributed by atoms with Crippen LogP contribution >= 0.6 is 0 Å². The Morgan fingerprint density at radius 3 is 2.52 bits per heavy atom. The van der Waals surface area contributed by atoms with E-state index >= 15 is 0 Å². The summed E-state index contributed by atoms with van der Waals surface area (Å²) in [6.07, 6.45) is 2.47. The van der Waals surface area contributed by atoms with E-state index in [1.807, 2.05) is 37.7 Å². The monoisotopic (exact) mass is 374 g/mol. The summed E-state index contributed by atoms with van der Waals surface area (Å²) in [5.41, 5.74) is 0.604. The van der Waals surface area contributed by atoms with Gasteiger partial charge in [0, 0.05) is 38.7 Å². The molecule has 1 aliphatic carbocycles. The van der Waals surface area contributed by atoms with E-state index in [9.17, 15) is 9.59 Å².